The number of ether oxygens (including phenoxy) is 1. The first-order valence-corrected chi connectivity index (χ1v) is 8.46. The molecule has 0 aromatic heterocycles. The molecule has 2 rings (SSSR count). The van der Waals surface area contributed by atoms with Gasteiger partial charge in [-0.1, -0.05) is 0 Å². The summed E-state index contributed by atoms with van der Waals surface area (Å²) in [7, 11) is -1.96. The zero-order valence-electron chi connectivity index (χ0n) is 11.9. The van der Waals surface area contributed by atoms with Gasteiger partial charge in [-0.05, 0) is 19.2 Å². The first-order valence-electron chi connectivity index (χ1n) is 6.81. The van der Waals surface area contributed by atoms with Gasteiger partial charge in [0.2, 0.25) is 10.0 Å². The van der Waals surface area contributed by atoms with E-state index in [2.05, 4.69) is 10.0 Å². The van der Waals surface area contributed by atoms with E-state index in [1.165, 1.54) is 13.1 Å². The number of sulfonamides is 1. The molecule has 6 nitrogen and oxygen atoms in total. The lowest BCUT2D eigenvalue weighted by molar-refractivity contribution is 0.338. The third-order valence-corrected chi connectivity index (χ3v) is 4.63. The third-order valence-electron chi connectivity index (χ3n) is 3.31. The molecule has 2 N–H and O–H groups in total. The highest BCUT2D eigenvalue weighted by molar-refractivity contribution is 7.89. The highest BCUT2D eigenvalue weighted by atomic mass is 32.2. The summed E-state index contributed by atoms with van der Waals surface area (Å²) in [6.45, 7) is 3.17. The van der Waals surface area contributed by atoms with Crippen LogP contribution in [0.5, 0.6) is 5.75 Å². The second kappa shape index (κ2) is 7.06. The zero-order chi connectivity index (χ0) is 15.3. The minimum Gasteiger partial charge on any atom is -0.492 e. The van der Waals surface area contributed by atoms with Crippen LogP contribution in [0.2, 0.25) is 0 Å². The number of anilines is 1. The maximum atomic E-state index is 14.1. The number of piperazine rings is 1. The van der Waals surface area contributed by atoms with Crippen LogP contribution >= 0.6 is 0 Å². The highest BCUT2D eigenvalue weighted by Gasteiger charge is 2.15. The molecule has 0 amide bonds. The fourth-order valence-electron chi connectivity index (χ4n) is 2.11. The molecule has 21 heavy (non-hydrogen) atoms. The van der Waals surface area contributed by atoms with Gasteiger partial charge in [-0.25, -0.2) is 17.5 Å². The molecule has 1 aliphatic heterocycles. The summed E-state index contributed by atoms with van der Waals surface area (Å²) in [4.78, 5) is 1.97. The van der Waals surface area contributed by atoms with Gasteiger partial charge in [0.15, 0.2) is 0 Å². The van der Waals surface area contributed by atoms with E-state index >= 15 is 0 Å². The molecular weight excluding hydrogens is 297 g/mol. The minimum absolute atomic E-state index is 0.0183. The van der Waals surface area contributed by atoms with Crippen molar-refractivity contribution in [2.24, 2.45) is 0 Å². The van der Waals surface area contributed by atoms with Crippen LogP contribution in [0.25, 0.3) is 0 Å². The molecule has 1 fully saturated rings. The van der Waals surface area contributed by atoms with Crippen molar-refractivity contribution in [3.8, 4) is 5.75 Å². The van der Waals surface area contributed by atoms with Crippen LogP contribution in [0, 0.1) is 5.82 Å². The summed E-state index contributed by atoms with van der Waals surface area (Å²) >= 11 is 0. The van der Waals surface area contributed by atoms with Crippen LogP contribution in [-0.4, -0.2) is 54.0 Å². The Bertz CT molecular complexity index is 574. The third kappa shape index (κ3) is 4.55. The number of nitrogens with one attached hydrogen (secondary N) is 2. The first kappa shape index (κ1) is 16.0. The van der Waals surface area contributed by atoms with Gasteiger partial charge in [0.25, 0.3) is 0 Å². The van der Waals surface area contributed by atoms with Crippen LogP contribution in [0.1, 0.15) is 0 Å². The molecule has 0 aliphatic carbocycles. The van der Waals surface area contributed by atoms with Crippen molar-refractivity contribution >= 4 is 15.7 Å². The largest absolute Gasteiger partial charge is 0.492 e. The SMILES string of the molecule is CNS(=O)(=O)CCOc1ccc(N2CCNCC2)c(F)c1. The zero-order valence-corrected chi connectivity index (χ0v) is 12.7. The van der Waals surface area contributed by atoms with E-state index < -0.39 is 10.0 Å². The number of nitrogens with zero attached hydrogens (tertiary/aromatic N) is 1. The standard InChI is InChI=1S/C13H20FN3O3S/c1-15-21(18,19)9-8-20-11-2-3-13(12(14)10-11)17-6-4-16-5-7-17/h2-3,10,15-16H,4-9H2,1H3. The predicted octanol–water partition coefficient (Wildman–Crippen LogP) is 0.163. The van der Waals surface area contributed by atoms with E-state index in [1.807, 2.05) is 4.90 Å². The van der Waals surface area contributed by atoms with E-state index in [-0.39, 0.29) is 18.2 Å². The summed E-state index contributed by atoms with van der Waals surface area (Å²) < 4.78 is 44.0. The number of hydrogen-bond acceptors (Lipinski definition) is 5. The number of rotatable bonds is 6. The molecule has 0 saturated carbocycles. The van der Waals surface area contributed by atoms with Gasteiger partial charge >= 0.3 is 0 Å². The maximum Gasteiger partial charge on any atom is 0.214 e. The Morgan fingerprint density at radius 1 is 1.38 bits per heavy atom. The lowest BCUT2D eigenvalue weighted by Crippen LogP contribution is -2.43. The lowest BCUT2D eigenvalue weighted by Gasteiger charge is -2.29. The summed E-state index contributed by atoms with van der Waals surface area (Å²) in [5.41, 5.74) is 0.548. The Morgan fingerprint density at radius 2 is 2.10 bits per heavy atom. The van der Waals surface area contributed by atoms with Gasteiger partial charge in [-0.15, -0.1) is 0 Å². The number of halogens is 1. The summed E-state index contributed by atoms with van der Waals surface area (Å²) in [5.74, 6) is -0.187. The first-order chi connectivity index (χ1) is 10.0. The minimum atomic E-state index is -3.31. The molecule has 1 aromatic rings. The van der Waals surface area contributed by atoms with Gasteiger partial charge < -0.3 is 15.0 Å². The fraction of sp³-hybridized carbons (Fsp3) is 0.538. The monoisotopic (exact) mass is 317 g/mol. The van der Waals surface area contributed by atoms with E-state index in [1.54, 1.807) is 12.1 Å². The smallest absolute Gasteiger partial charge is 0.214 e. The van der Waals surface area contributed by atoms with Gasteiger partial charge in [0.1, 0.15) is 18.2 Å². The average Bonchev–Trinajstić information content (AvgIpc) is 2.48. The molecule has 0 spiro atoms. The normalized spacial score (nSPS) is 16.0. The molecule has 1 heterocycles. The van der Waals surface area contributed by atoms with Crippen LogP contribution in [0.15, 0.2) is 18.2 Å². The quantitative estimate of drug-likeness (QED) is 0.782. The van der Waals surface area contributed by atoms with Gasteiger partial charge in [-0.3, -0.25) is 0 Å². The predicted molar refractivity (Wildman–Crippen MR) is 79.8 cm³/mol. The lowest BCUT2D eigenvalue weighted by atomic mass is 10.2. The average molecular weight is 317 g/mol. The van der Waals surface area contributed by atoms with Crippen LogP contribution in [0.3, 0.4) is 0 Å². The fourth-order valence-corrected chi connectivity index (χ4v) is 2.62. The molecule has 1 aliphatic rings. The van der Waals surface area contributed by atoms with Gasteiger partial charge in [-0.2, -0.15) is 0 Å². The van der Waals surface area contributed by atoms with Crippen molar-refractivity contribution in [2.75, 3.05) is 50.5 Å². The van der Waals surface area contributed by atoms with Crippen LogP contribution in [-0.2, 0) is 10.0 Å². The Hall–Kier alpha value is -1.38. The van der Waals surface area contributed by atoms with Crippen LogP contribution < -0.4 is 19.7 Å². The van der Waals surface area contributed by atoms with E-state index in [0.717, 1.165) is 26.2 Å². The van der Waals surface area contributed by atoms with Crippen molar-refractivity contribution in [3.05, 3.63) is 24.0 Å². The van der Waals surface area contributed by atoms with Crippen molar-refractivity contribution in [1.29, 1.82) is 0 Å². The molecule has 1 saturated heterocycles. The Balaban J connectivity index is 1.95. The molecule has 118 valence electrons. The van der Waals surface area contributed by atoms with Crippen molar-refractivity contribution in [3.63, 3.8) is 0 Å². The molecule has 0 unspecified atom stereocenters. The highest BCUT2D eigenvalue weighted by Crippen LogP contribution is 2.24. The molecular formula is C13H20FN3O3S. The summed E-state index contributed by atoms with van der Waals surface area (Å²) in [6.07, 6.45) is 0. The van der Waals surface area contributed by atoms with Gasteiger partial charge in [0.05, 0.1) is 11.4 Å². The van der Waals surface area contributed by atoms with Crippen molar-refractivity contribution in [2.45, 2.75) is 0 Å². The summed E-state index contributed by atoms with van der Waals surface area (Å²) in [6, 6.07) is 4.62. The Labute approximate surface area is 124 Å². The van der Waals surface area contributed by atoms with Crippen molar-refractivity contribution < 1.29 is 17.5 Å². The topological polar surface area (TPSA) is 70.7 Å². The molecule has 0 bridgehead atoms. The van der Waals surface area contributed by atoms with Gasteiger partial charge in [0, 0.05) is 32.2 Å². The maximum absolute atomic E-state index is 14.1. The Morgan fingerprint density at radius 3 is 2.71 bits per heavy atom. The van der Waals surface area contributed by atoms with E-state index in [0.29, 0.717) is 11.4 Å². The summed E-state index contributed by atoms with van der Waals surface area (Å²) in [5, 5.41) is 3.21. The molecule has 8 heteroatoms. The second-order valence-corrected chi connectivity index (χ2v) is 6.77. The number of hydrogen-bond donors (Lipinski definition) is 2. The van der Waals surface area contributed by atoms with E-state index in [9.17, 15) is 12.8 Å². The molecule has 0 atom stereocenters. The number of benzene rings is 1. The second-order valence-electron chi connectivity index (χ2n) is 4.72. The van der Waals surface area contributed by atoms with Crippen molar-refractivity contribution in [1.82, 2.24) is 10.0 Å². The van der Waals surface area contributed by atoms with Crippen LogP contribution in [0.4, 0.5) is 10.1 Å². The Kier molecular flexibility index (Phi) is 5.38. The van der Waals surface area contributed by atoms with E-state index in [4.69, 9.17) is 4.74 Å². The molecule has 1 aromatic carbocycles. The molecule has 0 radical (unpaired) electrons.